The van der Waals surface area contributed by atoms with E-state index in [1.807, 2.05) is 0 Å². The molecule has 2 aromatic heterocycles. The SMILES string of the molecule is c1csc(-c2nc3ccccc3n2CCCCOc2ccc3ccccc3c2)c1. The Bertz CT molecular complexity index is 1240. The Labute approximate surface area is 174 Å². The number of ether oxygens (including phenoxy) is 1. The summed E-state index contributed by atoms with van der Waals surface area (Å²) in [6.45, 7) is 1.66. The van der Waals surface area contributed by atoms with Crippen LogP contribution in [-0.4, -0.2) is 16.2 Å². The molecular weight excluding hydrogens is 376 g/mol. The lowest BCUT2D eigenvalue weighted by atomic mass is 10.1. The molecule has 0 aliphatic carbocycles. The van der Waals surface area contributed by atoms with E-state index in [9.17, 15) is 0 Å². The molecule has 0 fully saturated rings. The summed E-state index contributed by atoms with van der Waals surface area (Å²) in [5, 5.41) is 4.57. The van der Waals surface area contributed by atoms with Crippen LogP contribution in [-0.2, 0) is 6.54 Å². The molecule has 5 rings (SSSR count). The summed E-state index contributed by atoms with van der Waals surface area (Å²) >= 11 is 1.74. The van der Waals surface area contributed by atoms with Gasteiger partial charge in [0.2, 0.25) is 0 Å². The number of imidazole rings is 1. The normalized spacial score (nSPS) is 11.3. The molecule has 4 heteroatoms. The van der Waals surface area contributed by atoms with Crippen molar-refractivity contribution in [3.63, 3.8) is 0 Å². The number of aromatic nitrogens is 2. The molecular formula is C25H22N2OS. The molecule has 0 radical (unpaired) electrons. The Hall–Kier alpha value is -3.11. The van der Waals surface area contributed by atoms with Gasteiger partial charge in [0, 0.05) is 6.54 Å². The van der Waals surface area contributed by atoms with Crippen LogP contribution in [0.25, 0.3) is 32.5 Å². The molecule has 0 amide bonds. The Balaban J connectivity index is 1.24. The number of benzene rings is 3. The van der Waals surface area contributed by atoms with Gasteiger partial charge in [-0.2, -0.15) is 0 Å². The minimum absolute atomic E-state index is 0.722. The van der Waals surface area contributed by atoms with Gasteiger partial charge in [-0.25, -0.2) is 4.98 Å². The molecule has 2 heterocycles. The second-order valence-electron chi connectivity index (χ2n) is 7.12. The molecule has 144 valence electrons. The maximum absolute atomic E-state index is 6.00. The second kappa shape index (κ2) is 8.10. The summed E-state index contributed by atoms with van der Waals surface area (Å²) in [5.41, 5.74) is 2.26. The summed E-state index contributed by atoms with van der Waals surface area (Å²) in [5.74, 6) is 2.01. The number of hydrogen-bond acceptors (Lipinski definition) is 3. The van der Waals surface area contributed by atoms with Crippen LogP contribution >= 0.6 is 11.3 Å². The molecule has 0 spiro atoms. The monoisotopic (exact) mass is 398 g/mol. The van der Waals surface area contributed by atoms with Crippen LogP contribution in [0.4, 0.5) is 0 Å². The zero-order chi connectivity index (χ0) is 19.5. The van der Waals surface area contributed by atoms with E-state index in [2.05, 4.69) is 88.8 Å². The van der Waals surface area contributed by atoms with Crippen molar-refractivity contribution in [1.82, 2.24) is 9.55 Å². The van der Waals surface area contributed by atoms with Crippen molar-refractivity contribution in [3.05, 3.63) is 84.2 Å². The molecule has 0 unspecified atom stereocenters. The van der Waals surface area contributed by atoms with Gasteiger partial charge in [0.15, 0.2) is 5.82 Å². The van der Waals surface area contributed by atoms with Crippen molar-refractivity contribution < 1.29 is 4.74 Å². The first-order chi connectivity index (χ1) is 14.4. The Morgan fingerprint density at radius 1 is 0.828 bits per heavy atom. The van der Waals surface area contributed by atoms with Gasteiger partial charge in [0.1, 0.15) is 5.75 Å². The molecule has 0 bridgehead atoms. The highest BCUT2D eigenvalue weighted by molar-refractivity contribution is 7.13. The smallest absolute Gasteiger partial charge is 0.151 e. The zero-order valence-corrected chi connectivity index (χ0v) is 16.9. The van der Waals surface area contributed by atoms with E-state index in [1.165, 1.54) is 21.2 Å². The molecule has 5 aromatic rings. The summed E-state index contributed by atoms with van der Waals surface area (Å²) in [4.78, 5) is 6.09. The fourth-order valence-corrected chi connectivity index (χ4v) is 4.44. The summed E-state index contributed by atoms with van der Waals surface area (Å²) in [6, 6.07) is 27.3. The van der Waals surface area contributed by atoms with Gasteiger partial charge < -0.3 is 9.30 Å². The van der Waals surface area contributed by atoms with Crippen LogP contribution in [0.3, 0.4) is 0 Å². The molecule has 0 aliphatic rings. The first-order valence-corrected chi connectivity index (χ1v) is 10.9. The van der Waals surface area contributed by atoms with Gasteiger partial charge in [0.25, 0.3) is 0 Å². The van der Waals surface area contributed by atoms with Gasteiger partial charge >= 0.3 is 0 Å². The third kappa shape index (κ3) is 3.76. The number of thiophene rings is 1. The summed E-state index contributed by atoms with van der Waals surface area (Å²) < 4.78 is 8.35. The lowest BCUT2D eigenvalue weighted by Gasteiger charge is -2.10. The van der Waals surface area contributed by atoms with E-state index >= 15 is 0 Å². The lowest BCUT2D eigenvalue weighted by Crippen LogP contribution is -2.03. The third-order valence-electron chi connectivity index (χ3n) is 5.16. The van der Waals surface area contributed by atoms with Gasteiger partial charge in [0.05, 0.1) is 22.5 Å². The first-order valence-electron chi connectivity index (χ1n) is 9.99. The quantitative estimate of drug-likeness (QED) is 0.283. The molecule has 0 saturated heterocycles. The average molecular weight is 399 g/mol. The minimum Gasteiger partial charge on any atom is -0.494 e. The number of para-hydroxylation sites is 2. The average Bonchev–Trinajstić information content (AvgIpc) is 3.41. The number of hydrogen-bond donors (Lipinski definition) is 0. The molecule has 3 aromatic carbocycles. The maximum atomic E-state index is 6.00. The number of fused-ring (bicyclic) bond motifs is 2. The van der Waals surface area contributed by atoms with Crippen LogP contribution in [0.15, 0.2) is 84.2 Å². The molecule has 3 nitrogen and oxygen atoms in total. The topological polar surface area (TPSA) is 27.1 Å². The highest BCUT2D eigenvalue weighted by Gasteiger charge is 2.12. The summed E-state index contributed by atoms with van der Waals surface area (Å²) in [6.07, 6.45) is 2.05. The van der Waals surface area contributed by atoms with Crippen LogP contribution in [0, 0.1) is 0 Å². The predicted molar refractivity (Wildman–Crippen MR) is 122 cm³/mol. The molecule has 29 heavy (non-hydrogen) atoms. The van der Waals surface area contributed by atoms with Gasteiger partial charge in [-0.1, -0.05) is 48.5 Å². The van der Waals surface area contributed by atoms with Crippen LogP contribution in [0.2, 0.25) is 0 Å². The minimum atomic E-state index is 0.722. The van der Waals surface area contributed by atoms with Gasteiger partial charge in [-0.15, -0.1) is 11.3 Å². The summed E-state index contributed by atoms with van der Waals surface area (Å²) in [7, 11) is 0. The fraction of sp³-hybridized carbons (Fsp3) is 0.160. The van der Waals surface area contributed by atoms with Crippen molar-refractivity contribution in [2.75, 3.05) is 6.61 Å². The highest BCUT2D eigenvalue weighted by atomic mass is 32.1. The Morgan fingerprint density at radius 2 is 1.69 bits per heavy atom. The van der Waals surface area contributed by atoms with Crippen LogP contribution in [0.1, 0.15) is 12.8 Å². The van der Waals surface area contributed by atoms with Crippen molar-refractivity contribution in [2.24, 2.45) is 0 Å². The van der Waals surface area contributed by atoms with Crippen LogP contribution < -0.4 is 4.74 Å². The van der Waals surface area contributed by atoms with Gasteiger partial charge in [-0.05, 0) is 59.3 Å². The van der Waals surface area contributed by atoms with Crippen molar-refractivity contribution >= 4 is 33.1 Å². The number of nitrogens with zero attached hydrogens (tertiary/aromatic N) is 2. The van der Waals surface area contributed by atoms with E-state index in [0.29, 0.717) is 0 Å². The van der Waals surface area contributed by atoms with Crippen molar-refractivity contribution in [3.8, 4) is 16.5 Å². The Kier molecular flexibility index (Phi) is 5.01. The number of aryl methyl sites for hydroxylation is 1. The molecule has 0 aliphatic heterocycles. The van der Waals surface area contributed by atoms with Crippen molar-refractivity contribution in [1.29, 1.82) is 0 Å². The molecule has 0 atom stereocenters. The molecule has 0 saturated carbocycles. The van der Waals surface area contributed by atoms with Crippen molar-refractivity contribution in [2.45, 2.75) is 19.4 Å². The van der Waals surface area contributed by atoms with E-state index in [0.717, 1.165) is 43.1 Å². The van der Waals surface area contributed by atoms with E-state index < -0.39 is 0 Å². The van der Waals surface area contributed by atoms with Crippen LogP contribution in [0.5, 0.6) is 5.75 Å². The standard InChI is InChI=1S/C25H22N2OS/c1-2-9-20-18-21(14-13-19(20)8-1)28-16-6-5-15-27-23-11-4-3-10-22(23)26-25(27)24-12-7-17-29-24/h1-4,7-14,17-18H,5-6,15-16H2. The lowest BCUT2D eigenvalue weighted by molar-refractivity contribution is 0.304. The fourth-order valence-electron chi connectivity index (χ4n) is 3.71. The Morgan fingerprint density at radius 3 is 2.59 bits per heavy atom. The second-order valence-corrected chi connectivity index (χ2v) is 8.07. The largest absolute Gasteiger partial charge is 0.494 e. The zero-order valence-electron chi connectivity index (χ0n) is 16.1. The molecule has 0 N–H and O–H groups in total. The van der Waals surface area contributed by atoms with E-state index in [-0.39, 0.29) is 0 Å². The number of unbranched alkanes of at least 4 members (excludes halogenated alkanes) is 1. The first kappa shape index (κ1) is 18.0. The van der Waals surface area contributed by atoms with E-state index in [1.54, 1.807) is 11.3 Å². The third-order valence-corrected chi connectivity index (χ3v) is 6.03. The predicted octanol–water partition coefficient (Wildman–Crippen LogP) is 6.78. The number of rotatable bonds is 7. The van der Waals surface area contributed by atoms with Gasteiger partial charge in [-0.3, -0.25) is 0 Å². The highest BCUT2D eigenvalue weighted by Crippen LogP contribution is 2.28. The van der Waals surface area contributed by atoms with E-state index in [4.69, 9.17) is 9.72 Å². The maximum Gasteiger partial charge on any atom is 0.151 e.